The maximum absolute atomic E-state index is 6.09. The molecule has 0 amide bonds. The van der Waals surface area contributed by atoms with Crippen LogP contribution >= 0.6 is 23.8 Å². The Morgan fingerprint density at radius 2 is 1.94 bits per heavy atom. The number of ether oxygens (including phenoxy) is 2. The summed E-state index contributed by atoms with van der Waals surface area (Å²) in [6.07, 6.45) is 4.37. The molecule has 0 bridgehead atoms. The number of hydrogen-bond acceptors (Lipinski definition) is 4. The van der Waals surface area contributed by atoms with E-state index in [9.17, 15) is 0 Å². The number of likely N-dealkylation sites (N-methyl/N-ethyl adjacent to an activating group) is 1. The van der Waals surface area contributed by atoms with Crippen molar-refractivity contribution in [2.75, 3.05) is 33.1 Å². The van der Waals surface area contributed by atoms with E-state index in [2.05, 4.69) is 34.7 Å². The lowest BCUT2D eigenvalue weighted by atomic mass is 9.65. The molecule has 166 valence electrons. The average Bonchev–Trinajstić information content (AvgIpc) is 3.10. The number of likely N-dealkylation sites (tertiary alicyclic amines) is 1. The monoisotopic (exact) mass is 459 g/mol. The first kappa shape index (κ1) is 22.2. The third-order valence-corrected chi connectivity index (χ3v) is 7.36. The van der Waals surface area contributed by atoms with E-state index in [4.69, 9.17) is 33.3 Å². The van der Waals surface area contributed by atoms with Crippen molar-refractivity contribution in [3.63, 3.8) is 0 Å². The summed E-state index contributed by atoms with van der Waals surface area (Å²) in [5.41, 5.74) is 2.38. The van der Waals surface area contributed by atoms with Crippen molar-refractivity contribution in [3.8, 4) is 11.5 Å². The summed E-state index contributed by atoms with van der Waals surface area (Å²) in [5, 5.41) is 8.13. The molecule has 1 saturated heterocycles. The summed E-state index contributed by atoms with van der Waals surface area (Å²) in [4.78, 5) is 2.50. The minimum Gasteiger partial charge on any atom is -0.493 e. The lowest BCUT2D eigenvalue weighted by Gasteiger charge is -2.45. The average molecular weight is 460 g/mol. The predicted molar refractivity (Wildman–Crippen MR) is 131 cm³/mol. The predicted octanol–water partition coefficient (Wildman–Crippen LogP) is 4.84. The minimum atomic E-state index is 0.133. The van der Waals surface area contributed by atoms with E-state index in [1.807, 2.05) is 30.3 Å². The van der Waals surface area contributed by atoms with E-state index in [1.165, 1.54) is 5.56 Å². The van der Waals surface area contributed by atoms with Crippen LogP contribution in [-0.4, -0.2) is 49.9 Å². The molecule has 3 atom stereocenters. The Hall–Kier alpha value is -2.02. The van der Waals surface area contributed by atoms with Crippen LogP contribution in [0.2, 0.25) is 5.02 Å². The molecule has 2 aromatic carbocycles. The van der Waals surface area contributed by atoms with Gasteiger partial charge in [-0.05, 0) is 87.4 Å². The molecule has 2 fully saturated rings. The van der Waals surface area contributed by atoms with Crippen molar-refractivity contribution in [2.45, 2.75) is 43.2 Å². The largest absolute Gasteiger partial charge is 0.493 e. The summed E-state index contributed by atoms with van der Waals surface area (Å²) >= 11 is 11.7. The molecule has 0 unspecified atom stereocenters. The van der Waals surface area contributed by atoms with E-state index >= 15 is 0 Å². The molecule has 5 nitrogen and oxygen atoms in total. The summed E-state index contributed by atoms with van der Waals surface area (Å²) in [7, 11) is 5.61. The third kappa shape index (κ3) is 4.47. The molecule has 2 N–H and O–H groups in total. The second kappa shape index (κ2) is 9.23. The maximum Gasteiger partial charge on any atom is 0.170 e. The van der Waals surface area contributed by atoms with Crippen molar-refractivity contribution >= 4 is 34.6 Å². The molecule has 1 aliphatic heterocycles. The molecular formula is C24H30ClN3O2S. The van der Waals surface area contributed by atoms with Crippen LogP contribution in [0.25, 0.3) is 0 Å². The quantitative estimate of drug-likeness (QED) is 0.624. The highest BCUT2D eigenvalue weighted by Crippen LogP contribution is 2.49. The molecule has 7 heteroatoms. The molecule has 1 saturated carbocycles. The first-order chi connectivity index (χ1) is 14.9. The summed E-state index contributed by atoms with van der Waals surface area (Å²) in [6, 6.07) is 14.8. The Balaban J connectivity index is 1.48. The van der Waals surface area contributed by atoms with Crippen LogP contribution in [0.3, 0.4) is 0 Å². The van der Waals surface area contributed by atoms with Gasteiger partial charge in [0, 0.05) is 28.2 Å². The van der Waals surface area contributed by atoms with Crippen LogP contribution in [0.4, 0.5) is 5.69 Å². The van der Waals surface area contributed by atoms with Gasteiger partial charge in [0.05, 0.1) is 14.2 Å². The summed E-state index contributed by atoms with van der Waals surface area (Å²) < 4.78 is 11.0. The molecule has 0 aromatic heterocycles. The smallest absolute Gasteiger partial charge is 0.170 e. The van der Waals surface area contributed by atoms with Crippen molar-refractivity contribution in [2.24, 2.45) is 0 Å². The molecular weight excluding hydrogens is 430 g/mol. The molecule has 31 heavy (non-hydrogen) atoms. The van der Waals surface area contributed by atoms with Crippen LogP contribution < -0.4 is 20.1 Å². The van der Waals surface area contributed by atoms with Gasteiger partial charge in [0.2, 0.25) is 0 Å². The summed E-state index contributed by atoms with van der Waals surface area (Å²) in [5.74, 6) is 1.58. The number of thiocarbonyl (C=S) groups is 1. The van der Waals surface area contributed by atoms with Gasteiger partial charge in [-0.2, -0.15) is 0 Å². The van der Waals surface area contributed by atoms with Gasteiger partial charge >= 0.3 is 0 Å². The second-order valence-corrected chi connectivity index (χ2v) is 9.40. The Morgan fingerprint density at radius 3 is 2.68 bits per heavy atom. The highest BCUT2D eigenvalue weighted by molar-refractivity contribution is 7.80. The van der Waals surface area contributed by atoms with Gasteiger partial charge in [-0.3, -0.25) is 0 Å². The van der Waals surface area contributed by atoms with E-state index in [0.29, 0.717) is 22.2 Å². The van der Waals surface area contributed by atoms with Crippen LogP contribution in [0.5, 0.6) is 11.5 Å². The summed E-state index contributed by atoms with van der Waals surface area (Å²) in [6.45, 7) is 1.09. The van der Waals surface area contributed by atoms with Crippen LogP contribution in [0, 0.1) is 0 Å². The molecule has 1 aliphatic carbocycles. The third-order valence-electron chi connectivity index (χ3n) is 6.90. The highest BCUT2D eigenvalue weighted by atomic mass is 35.5. The first-order valence-corrected chi connectivity index (χ1v) is 11.5. The van der Waals surface area contributed by atoms with Crippen LogP contribution in [-0.2, 0) is 5.41 Å². The SMILES string of the molecule is COc1ccc([C@@]23CC[C@@H](NC(=S)Nc4cccc(Cl)c4)C[C@@H]2N(C)CC3)cc1OC. The molecule has 0 radical (unpaired) electrons. The van der Waals surface area contributed by atoms with Gasteiger partial charge in [0.15, 0.2) is 16.6 Å². The van der Waals surface area contributed by atoms with Gasteiger partial charge in [0.25, 0.3) is 0 Å². The number of halogens is 1. The van der Waals surface area contributed by atoms with E-state index in [0.717, 1.165) is 49.4 Å². The van der Waals surface area contributed by atoms with E-state index in [1.54, 1.807) is 14.2 Å². The standard InChI is InChI=1S/C24H30ClN3O2S/c1-28-12-11-24(16-7-8-20(29-2)21(13-16)30-3)10-9-19(15-22(24)28)27-23(31)26-18-6-4-5-17(25)14-18/h4-8,13-14,19,22H,9-12,15H2,1-3H3,(H2,26,27,31)/t19-,22+,24+/m1/s1. The first-order valence-electron chi connectivity index (χ1n) is 10.7. The zero-order valence-corrected chi connectivity index (χ0v) is 19.9. The molecule has 4 rings (SSSR count). The molecule has 2 aromatic rings. The van der Waals surface area contributed by atoms with Crippen LogP contribution in [0.15, 0.2) is 42.5 Å². The van der Waals surface area contributed by atoms with Crippen molar-refractivity contribution in [1.82, 2.24) is 10.2 Å². The Morgan fingerprint density at radius 1 is 1.13 bits per heavy atom. The number of nitrogens with zero attached hydrogens (tertiary/aromatic N) is 1. The van der Waals surface area contributed by atoms with Gasteiger partial charge in [-0.25, -0.2) is 0 Å². The van der Waals surface area contributed by atoms with E-state index < -0.39 is 0 Å². The molecule has 1 heterocycles. The zero-order chi connectivity index (χ0) is 22.0. The van der Waals surface area contributed by atoms with Crippen molar-refractivity contribution < 1.29 is 9.47 Å². The van der Waals surface area contributed by atoms with Gasteiger partial charge < -0.3 is 25.0 Å². The number of fused-ring (bicyclic) bond motifs is 1. The van der Waals surface area contributed by atoms with Crippen molar-refractivity contribution in [3.05, 3.63) is 53.1 Å². The van der Waals surface area contributed by atoms with Crippen molar-refractivity contribution in [1.29, 1.82) is 0 Å². The van der Waals surface area contributed by atoms with Gasteiger partial charge in [-0.1, -0.05) is 23.7 Å². The number of methoxy groups -OCH3 is 2. The highest BCUT2D eigenvalue weighted by Gasteiger charge is 2.50. The normalized spacial score (nSPS) is 25.5. The lowest BCUT2D eigenvalue weighted by molar-refractivity contribution is 0.161. The Kier molecular flexibility index (Phi) is 6.60. The Bertz CT molecular complexity index is 956. The number of anilines is 1. The molecule has 2 aliphatic rings. The minimum absolute atomic E-state index is 0.133. The van der Waals surface area contributed by atoms with Gasteiger partial charge in [-0.15, -0.1) is 0 Å². The number of rotatable bonds is 5. The zero-order valence-electron chi connectivity index (χ0n) is 18.3. The number of nitrogens with one attached hydrogen (secondary N) is 2. The topological polar surface area (TPSA) is 45.8 Å². The fourth-order valence-corrected chi connectivity index (χ4v) is 5.79. The Labute approximate surface area is 195 Å². The van der Waals surface area contributed by atoms with E-state index in [-0.39, 0.29) is 5.41 Å². The lowest BCUT2D eigenvalue weighted by Crippen LogP contribution is -2.52. The molecule has 0 spiro atoms. The number of benzene rings is 2. The number of hydrogen-bond donors (Lipinski definition) is 2. The second-order valence-electron chi connectivity index (χ2n) is 8.55. The fraction of sp³-hybridized carbons (Fsp3) is 0.458. The van der Waals surface area contributed by atoms with Gasteiger partial charge in [0.1, 0.15) is 0 Å². The van der Waals surface area contributed by atoms with Crippen LogP contribution in [0.1, 0.15) is 31.2 Å². The maximum atomic E-state index is 6.09. The fourth-order valence-electron chi connectivity index (χ4n) is 5.31.